The van der Waals surface area contributed by atoms with Crippen LogP contribution < -0.4 is 14.8 Å². The minimum absolute atomic E-state index is 0.0150. The first-order chi connectivity index (χ1) is 13.8. The zero-order valence-electron chi connectivity index (χ0n) is 17.1. The number of aryl methyl sites for hydroxylation is 2. The first-order valence-electron chi connectivity index (χ1n) is 9.89. The van der Waals surface area contributed by atoms with Gasteiger partial charge in [-0.05, 0) is 56.5 Å². The van der Waals surface area contributed by atoms with Crippen molar-refractivity contribution in [3.63, 3.8) is 0 Å². The summed E-state index contributed by atoms with van der Waals surface area (Å²) in [5.41, 5.74) is 3.00. The van der Waals surface area contributed by atoms with Crippen LogP contribution >= 0.6 is 0 Å². The summed E-state index contributed by atoms with van der Waals surface area (Å²) in [6, 6.07) is 10.1. The molecule has 1 aliphatic rings. The van der Waals surface area contributed by atoms with Gasteiger partial charge in [0.25, 0.3) is 5.91 Å². The number of carbonyl (C=O) groups is 1. The van der Waals surface area contributed by atoms with Crippen LogP contribution in [0, 0.1) is 13.8 Å². The van der Waals surface area contributed by atoms with Crippen molar-refractivity contribution in [1.82, 2.24) is 4.72 Å². The molecule has 0 heterocycles. The summed E-state index contributed by atoms with van der Waals surface area (Å²) in [5.74, 6) is -0.148. The minimum atomic E-state index is -3.80. The SMILES string of the molecule is COc1ccc(C(=O)Nc2ccc(C)cc2C)cc1S(=O)(=O)NC1CCCCC1. The monoisotopic (exact) mass is 416 g/mol. The Bertz CT molecular complexity index is 996. The fourth-order valence-corrected chi connectivity index (χ4v) is 5.18. The van der Waals surface area contributed by atoms with Crippen molar-refractivity contribution in [2.75, 3.05) is 12.4 Å². The molecular weight excluding hydrogens is 388 g/mol. The van der Waals surface area contributed by atoms with Crippen molar-refractivity contribution in [1.29, 1.82) is 0 Å². The Hall–Kier alpha value is -2.38. The molecule has 0 spiro atoms. The Morgan fingerprint density at radius 2 is 1.76 bits per heavy atom. The molecule has 0 unspecified atom stereocenters. The molecule has 1 fully saturated rings. The molecule has 2 N–H and O–H groups in total. The van der Waals surface area contributed by atoms with Crippen molar-refractivity contribution in [2.45, 2.75) is 56.9 Å². The van der Waals surface area contributed by atoms with Crippen molar-refractivity contribution in [3.8, 4) is 5.75 Å². The summed E-state index contributed by atoms with van der Waals surface area (Å²) in [6.07, 6.45) is 4.82. The molecule has 3 rings (SSSR count). The maximum atomic E-state index is 13.0. The number of amides is 1. The summed E-state index contributed by atoms with van der Waals surface area (Å²) < 4.78 is 34.0. The molecule has 0 radical (unpaired) electrons. The Balaban J connectivity index is 1.86. The Labute approximate surface area is 172 Å². The maximum absolute atomic E-state index is 13.0. The largest absolute Gasteiger partial charge is 0.495 e. The van der Waals surface area contributed by atoms with E-state index in [0.717, 1.165) is 43.2 Å². The van der Waals surface area contributed by atoms with Crippen molar-refractivity contribution in [2.24, 2.45) is 0 Å². The Morgan fingerprint density at radius 1 is 1.03 bits per heavy atom. The van der Waals surface area contributed by atoms with Gasteiger partial charge in [-0.1, -0.05) is 37.0 Å². The lowest BCUT2D eigenvalue weighted by molar-refractivity contribution is 0.102. The molecule has 0 aliphatic heterocycles. The molecule has 2 aromatic carbocycles. The van der Waals surface area contributed by atoms with E-state index in [2.05, 4.69) is 10.0 Å². The van der Waals surface area contributed by atoms with E-state index in [1.807, 2.05) is 32.0 Å². The second-order valence-electron chi connectivity index (χ2n) is 7.59. The van der Waals surface area contributed by atoms with Crippen LogP contribution in [0.3, 0.4) is 0 Å². The number of ether oxygens (including phenoxy) is 1. The van der Waals surface area contributed by atoms with Gasteiger partial charge in [-0.3, -0.25) is 4.79 Å². The number of anilines is 1. The highest BCUT2D eigenvalue weighted by Gasteiger charge is 2.26. The summed E-state index contributed by atoms with van der Waals surface area (Å²) in [4.78, 5) is 12.7. The third-order valence-electron chi connectivity index (χ3n) is 5.27. The summed E-state index contributed by atoms with van der Waals surface area (Å²) >= 11 is 0. The van der Waals surface area contributed by atoms with Crippen LogP contribution in [0.5, 0.6) is 5.75 Å². The molecule has 0 aromatic heterocycles. The summed E-state index contributed by atoms with van der Waals surface area (Å²) in [5, 5.41) is 2.86. The van der Waals surface area contributed by atoms with Crippen LogP contribution in [0.25, 0.3) is 0 Å². The van der Waals surface area contributed by atoms with E-state index >= 15 is 0 Å². The average Bonchev–Trinajstić information content (AvgIpc) is 2.70. The van der Waals surface area contributed by atoms with Gasteiger partial charge in [0.05, 0.1) is 7.11 Å². The van der Waals surface area contributed by atoms with Gasteiger partial charge in [0, 0.05) is 17.3 Å². The first kappa shape index (κ1) is 21.3. The second kappa shape index (κ2) is 8.97. The minimum Gasteiger partial charge on any atom is -0.495 e. The summed E-state index contributed by atoms with van der Waals surface area (Å²) in [6.45, 7) is 3.90. The Morgan fingerprint density at radius 3 is 2.41 bits per heavy atom. The molecule has 1 saturated carbocycles. The zero-order chi connectivity index (χ0) is 21.0. The van der Waals surface area contributed by atoms with Gasteiger partial charge in [0.2, 0.25) is 10.0 Å². The van der Waals surface area contributed by atoms with E-state index in [4.69, 9.17) is 4.74 Å². The fourth-order valence-electron chi connectivity index (χ4n) is 3.68. The number of hydrogen-bond donors (Lipinski definition) is 2. The molecule has 7 heteroatoms. The van der Waals surface area contributed by atoms with Gasteiger partial charge in [0.1, 0.15) is 10.6 Å². The van der Waals surface area contributed by atoms with Crippen molar-refractivity contribution in [3.05, 3.63) is 53.1 Å². The van der Waals surface area contributed by atoms with Gasteiger partial charge in [0.15, 0.2) is 0 Å². The lowest BCUT2D eigenvalue weighted by Gasteiger charge is -2.23. The van der Waals surface area contributed by atoms with E-state index < -0.39 is 10.0 Å². The van der Waals surface area contributed by atoms with E-state index in [0.29, 0.717) is 5.69 Å². The third kappa shape index (κ3) is 5.16. The molecular formula is C22H28N2O4S. The Kier molecular flexibility index (Phi) is 6.59. The van der Waals surface area contributed by atoms with Gasteiger partial charge < -0.3 is 10.1 Å². The van der Waals surface area contributed by atoms with Crippen LogP contribution in [-0.2, 0) is 10.0 Å². The number of benzene rings is 2. The molecule has 2 aromatic rings. The predicted octanol–water partition coefficient (Wildman–Crippen LogP) is 4.18. The predicted molar refractivity (Wildman–Crippen MR) is 114 cm³/mol. The van der Waals surface area contributed by atoms with Gasteiger partial charge in [-0.2, -0.15) is 0 Å². The molecule has 29 heavy (non-hydrogen) atoms. The van der Waals surface area contributed by atoms with Gasteiger partial charge in [-0.25, -0.2) is 13.1 Å². The topological polar surface area (TPSA) is 84.5 Å². The number of hydrogen-bond acceptors (Lipinski definition) is 4. The van der Waals surface area contributed by atoms with Crippen LogP contribution in [0.15, 0.2) is 41.3 Å². The van der Waals surface area contributed by atoms with Crippen LogP contribution in [0.4, 0.5) is 5.69 Å². The standard InChI is InChI=1S/C22H28N2O4S/c1-15-9-11-19(16(2)13-15)23-22(25)17-10-12-20(28-3)21(14-17)29(26,27)24-18-7-5-4-6-8-18/h9-14,18,24H,4-8H2,1-3H3,(H,23,25). The second-order valence-corrected chi connectivity index (χ2v) is 9.28. The van der Waals surface area contributed by atoms with Crippen LogP contribution in [0.1, 0.15) is 53.6 Å². The fraction of sp³-hybridized carbons (Fsp3) is 0.409. The number of rotatable bonds is 6. The molecule has 6 nitrogen and oxygen atoms in total. The molecule has 1 aliphatic carbocycles. The molecule has 0 bridgehead atoms. The maximum Gasteiger partial charge on any atom is 0.255 e. The first-order valence-corrected chi connectivity index (χ1v) is 11.4. The molecule has 156 valence electrons. The zero-order valence-corrected chi connectivity index (χ0v) is 17.9. The van der Waals surface area contributed by atoms with E-state index in [1.54, 1.807) is 6.07 Å². The lowest BCUT2D eigenvalue weighted by Crippen LogP contribution is -2.36. The van der Waals surface area contributed by atoms with E-state index in [-0.39, 0.29) is 28.2 Å². The van der Waals surface area contributed by atoms with Gasteiger partial charge in [-0.15, -0.1) is 0 Å². The van der Waals surface area contributed by atoms with Crippen LogP contribution in [0.2, 0.25) is 0 Å². The summed E-state index contributed by atoms with van der Waals surface area (Å²) in [7, 11) is -2.38. The number of nitrogens with one attached hydrogen (secondary N) is 2. The van der Waals surface area contributed by atoms with E-state index in [9.17, 15) is 13.2 Å². The molecule has 0 saturated heterocycles. The average molecular weight is 417 g/mol. The normalized spacial score (nSPS) is 15.1. The number of sulfonamides is 1. The van der Waals surface area contributed by atoms with Crippen molar-refractivity contribution < 1.29 is 17.9 Å². The highest BCUT2D eigenvalue weighted by Crippen LogP contribution is 2.27. The highest BCUT2D eigenvalue weighted by molar-refractivity contribution is 7.89. The quantitative estimate of drug-likeness (QED) is 0.740. The smallest absolute Gasteiger partial charge is 0.255 e. The molecule has 1 amide bonds. The highest BCUT2D eigenvalue weighted by atomic mass is 32.2. The van der Waals surface area contributed by atoms with Crippen molar-refractivity contribution >= 4 is 21.6 Å². The third-order valence-corrected chi connectivity index (χ3v) is 6.81. The number of methoxy groups -OCH3 is 1. The lowest BCUT2D eigenvalue weighted by atomic mass is 9.96. The van der Waals surface area contributed by atoms with Gasteiger partial charge >= 0.3 is 0 Å². The number of carbonyl (C=O) groups excluding carboxylic acids is 1. The van der Waals surface area contributed by atoms with E-state index in [1.165, 1.54) is 19.2 Å². The molecule has 0 atom stereocenters. The van der Waals surface area contributed by atoms with Crippen LogP contribution in [-0.4, -0.2) is 27.5 Å².